The van der Waals surface area contributed by atoms with Gasteiger partial charge in [0, 0.05) is 25.7 Å². The summed E-state index contributed by atoms with van der Waals surface area (Å²) in [5, 5.41) is 10.6. The molecule has 0 saturated heterocycles. The highest BCUT2D eigenvalue weighted by atomic mass is 31.2. The first-order valence-electron chi connectivity index (χ1n) is 38.4. The number of phosphoric acid groups is 2. The fourth-order valence-corrected chi connectivity index (χ4v) is 12.8. The van der Waals surface area contributed by atoms with Crippen LogP contribution in [0.25, 0.3) is 0 Å². The zero-order valence-electron chi connectivity index (χ0n) is 60.7. The molecule has 19 heteroatoms. The summed E-state index contributed by atoms with van der Waals surface area (Å²) < 4.78 is 68.4. The molecule has 3 unspecified atom stereocenters. The van der Waals surface area contributed by atoms with Crippen LogP contribution in [0, 0.1) is 17.8 Å². The Labute approximate surface area is 568 Å². The number of esters is 4. The zero-order valence-corrected chi connectivity index (χ0v) is 62.5. The van der Waals surface area contributed by atoms with Crippen molar-refractivity contribution in [2.75, 3.05) is 39.6 Å². The Morgan fingerprint density at radius 1 is 0.312 bits per heavy atom. The first kappa shape index (κ1) is 91.1. The minimum Gasteiger partial charge on any atom is -0.462 e. The quantitative estimate of drug-likeness (QED) is 0.0222. The Kier molecular flexibility index (Phi) is 63.4. The molecule has 93 heavy (non-hydrogen) atoms. The van der Waals surface area contributed by atoms with Gasteiger partial charge in [0.25, 0.3) is 0 Å². The molecule has 0 aliphatic rings. The Hall–Kier alpha value is -1.94. The predicted octanol–water partition coefficient (Wildman–Crippen LogP) is 21.4. The molecule has 0 aliphatic heterocycles. The number of phosphoric ester groups is 2. The summed E-state index contributed by atoms with van der Waals surface area (Å²) in [6, 6.07) is 0. The molecule has 0 radical (unpaired) electrons. The van der Waals surface area contributed by atoms with Gasteiger partial charge >= 0.3 is 39.5 Å². The molecule has 0 aromatic rings. The maximum atomic E-state index is 13.1. The number of rotatable bonds is 72. The highest BCUT2D eigenvalue weighted by Crippen LogP contribution is 2.45. The van der Waals surface area contributed by atoms with Gasteiger partial charge in [-0.3, -0.25) is 37.3 Å². The molecular weight excluding hydrogens is 1220 g/mol. The molecule has 0 aromatic carbocycles. The monoisotopic (exact) mass is 1370 g/mol. The third kappa shape index (κ3) is 67.0. The van der Waals surface area contributed by atoms with Gasteiger partial charge in [0.05, 0.1) is 26.4 Å². The number of aliphatic hydroxyl groups excluding tert-OH is 1. The molecule has 552 valence electrons. The molecule has 0 aromatic heterocycles. The van der Waals surface area contributed by atoms with Crippen LogP contribution >= 0.6 is 15.6 Å². The standard InChI is InChI=1S/C74H144O17P2/c1-8-10-11-12-13-14-21-29-34-43-50-57-73(78)91-70(62-85-72(77)56-49-42-37-36-40-47-54-67(7)9-2)64-89-93(82,83)87-60-68(75)59-86-92(80,81)88-63-69(61-84-71(76)55-48-41-33-28-25-24-27-32-39-46-53-66(5)6)90-74(79)58-51-44-35-30-23-20-18-16-15-17-19-22-26-31-38-45-52-65(3)4/h65-70,75H,8-64H2,1-7H3,(H,80,81)(H,82,83)/t67?,68-,69-,70-/m1/s1. The summed E-state index contributed by atoms with van der Waals surface area (Å²) in [6.07, 6.45) is 50.0. The Morgan fingerprint density at radius 2 is 0.548 bits per heavy atom. The van der Waals surface area contributed by atoms with Crippen molar-refractivity contribution in [3.8, 4) is 0 Å². The number of ether oxygens (including phenoxy) is 4. The van der Waals surface area contributed by atoms with E-state index in [4.69, 9.17) is 37.0 Å². The van der Waals surface area contributed by atoms with Gasteiger partial charge in [-0.1, -0.05) is 325 Å². The highest BCUT2D eigenvalue weighted by Gasteiger charge is 2.30. The van der Waals surface area contributed by atoms with E-state index < -0.39 is 97.5 Å². The molecule has 0 rings (SSSR count). The molecule has 0 fully saturated rings. The second-order valence-corrected chi connectivity index (χ2v) is 30.8. The van der Waals surface area contributed by atoms with E-state index in [0.717, 1.165) is 114 Å². The third-order valence-electron chi connectivity index (χ3n) is 17.5. The van der Waals surface area contributed by atoms with E-state index in [1.54, 1.807) is 0 Å². The van der Waals surface area contributed by atoms with Gasteiger partial charge in [-0.15, -0.1) is 0 Å². The van der Waals surface area contributed by atoms with Crippen LogP contribution in [-0.4, -0.2) is 96.7 Å². The van der Waals surface area contributed by atoms with Crippen LogP contribution in [0.4, 0.5) is 0 Å². The number of aliphatic hydroxyl groups is 1. The van der Waals surface area contributed by atoms with Crippen LogP contribution in [-0.2, 0) is 65.4 Å². The van der Waals surface area contributed by atoms with Crippen molar-refractivity contribution in [1.82, 2.24) is 0 Å². The van der Waals surface area contributed by atoms with E-state index in [-0.39, 0.29) is 25.7 Å². The maximum Gasteiger partial charge on any atom is 0.472 e. The van der Waals surface area contributed by atoms with Crippen molar-refractivity contribution < 1.29 is 80.2 Å². The van der Waals surface area contributed by atoms with E-state index in [2.05, 4.69) is 48.5 Å². The van der Waals surface area contributed by atoms with Gasteiger partial charge in [0.15, 0.2) is 12.2 Å². The molecule has 6 atom stereocenters. The van der Waals surface area contributed by atoms with E-state index in [1.807, 2.05) is 0 Å². The number of unbranched alkanes of at least 4 members (excludes halogenated alkanes) is 39. The number of carbonyl (C=O) groups excluding carboxylic acids is 4. The summed E-state index contributed by atoms with van der Waals surface area (Å²) >= 11 is 0. The first-order valence-corrected chi connectivity index (χ1v) is 41.4. The molecule has 0 heterocycles. The molecule has 0 spiro atoms. The van der Waals surface area contributed by atoms with Gasteiger partial charge < -0.3 is 33.8 Å². The minimum absolute atomic E-state index is 0.106. The van der Waals surface area contributed by atoms with E-state index >= 15 is 0 Å². The summed E-state index contributed by atoms with van der Waals surface area (Å²) in [5.41, 5.74) is 0. The van der Waals surface area contributed by atoms with E-state index in [0.29, 0.717) is 25.7 Å². The van der Waals surface area contributed by atoms with Crippen LogP contribution in [0.1, 0.15) is 376 Å². The van der Waals surface area contributed by atoms with Crippen LogP contribution in [0.5, 0.6) is 0 Å². The summed E-state index contributed by atoms with van der Waals surface area (Å²) in [4.78, 5) is 72.7. The second-order valence-electron chi connectivity index (χ2n) is 27.9. The molecule has 0 bridgehead atoms. The Bertz CT molecular complexity index is 1820. The smallest absolute Gasteiger partial charge is 0.462 e. The van der Waals surface area contributed by atoms with Gasteiger partial charge in [-0.05, 0) is 43.4 Å². The van der Waals surface area contributed by atoms with Crippen LogP contribution in [0.15, 0.2) is 0 Å². The molecular formula is C74H144O17P2. The molecule has 0 saturated carbocycles. The molecule has 0 aliphatic carbocycles. The average molecular weight is 1370 g/mol. The first-order chi connectivity index (χ1) is 44.8. The van der Waals surface area contributed by atoms with Crippen molar-refractivity contribution in [2.45, 2.75) is 394 Å². The topological polar surface area (TPSA) is 237 Å². The normalized spacial score (nSPS) is 14.4. The van der Waals surface area contributed by atoms with E-state index in [9.17, 15) is 43.2 Å². The van der Waals surface area contributed by atoms with Crippen molar-refractivity contribution in [1.29, 1.82) is 0 Å². The third-order valence-corrected chi connectivity index (χ3v) is 19.4. The molecule has 0 amide bonds. The van der Waals surface area contributed by atoms with Gasteiger partial charge in [0.1, 0.15) is 19.3 Å². The van der Waals surface area contributed by atoms with E-state index in [1.165, 1.54) is 180 Å². The lowest BCUT2D eigenvalue weighted by Gasteiger charge is -2.21. The fourth-order valence-electron chi connectivity index (χ4n) is 11.2. The van der Waals surface area contributed by atoms with Crippen LogP contribution < -0.4 is 0 Å². The van der Waals surface area contributed by atoms with Gasteiger partial charge in [-0.2, -0.15) is 0 Å². The maximum absolute atomic E-state index is 13.1. The van der Waals surface area contributed by atoms with Gasteiger partial charge in [0.2, 0.25) is 0 Å². The number of hydrogen-bond acceptors (Lipinski definition) is 15. The van der Waals surface area contributed by atoms with Crippen LogP contribution in [0.2, 0.25) is 0 Å². The highest BCUT2D eigenvalue weighted by molar-refractivity contribution is 7.47. The second kappa shape index (κ2) is 64.7. The largest absolute Gasteiger partial charge is 0.472 e. The predicted molar refractivity (Wildman–Crippen MR) is 377 cm³/mol. The lowest BCUT2D eigenvalue weighted by Crippen LogP contribution is -2.30. The fraction of sp³-hybridized carbons (Fsp3) is 0.946. The Balaban J connectivity index is 5.23. The molecule has 17 nitrogen and oxygen atoms in total. The van der Waals surface area contributed by atoms with Crippen molar-refractivity contribution in [3.63, 3.8) is 0 Å². The number of hydrogen-bond donors (Lipinski definition) is 3. The number of carbonyl (C=O) groups is 4. The van der Waals surface area contributed by atoms with Crippen LogP contribution in [0.3, 0.4) is 0 Å². The Morgan fingerprint density at radius 3 is 0.817 bits per heavy atom. The SMILES string of the molecule is CCCCCCCCCCCCCC(=O)O[C@H](COC(=O)CCCCCCCCC(C)CC)COP(=O)(O)OC[C@H](O)COP(=O)(O)OC[C@@H](COC(=O)CCCCCCCCCCCCC(C)C)OC(=O)CCCCCCCCCCCCCCCCCCC(C)C. The summed E-state index contributed by atoms with van der Waals surface area (Å²) in [5.74, 6) is 0.178. The summed E-state index contributed by atoms with van der Waals surface area (Å²) in [6.45, 7) is 11.9. The zero-order chi connectivity index (χ0) is 68.7. The van der Waals surface area contributed by atoms with Crippen molar-refractivity contribution in [3.05, 3.63) is 0 Å². The lowest BCUT2D eigenvalue weighted by molar-refractivity contribution is -0.161. The lowest BCUT2D eigenvalue weighted by atomic mass is 10.00. The van der Waals surface area contributed by atoms with Gasteiger partial charge in [-0.25, -0.2) is 9.13 Å². The minimum atomic E-state index is -4.96. The van der Waals surface area contributed by atoms with Crippen molar-refractivity contribution >= 4 is 39.5 Å². The molecule has 3 N–H and O–H groups in total. The van der Waals surface area contributed by atoms with Crippen molar-refractivity contribution in [2.24, 2.45) is 17.8 Å². The summed E-state index contributed by atoms with van der Waals surface area (Å²) in [7, 11) is -9.91. The average Bonchev–Trinajstić information content (AvgIpc) is 2.35.